The molecule has 0 saturated heterocycles. The van der Waals surface area contributed by atoms with Crippen LogP contribution < -0.4 is 0 Å². The van der Waals surface area contributed by atoms with Crippen LogP contribution in [0, 0.1) is 13.8 Å². The van der Waals surface area contributed by atoms with Crippen LogP contribution in [0.4, 0.5) is 0 Å². The topological polar surface area (TPSA) is 30.0 Å². The van der Waals surface area contributed by atoms with E-state index in [0.717, 1.165) is 28.9 Å². The molecule has 0 saturated carbocycles. The predicted octanol–water partition coefficient (Wildman–Crippen LogP) is 3.24. The molecule has 1 aromatic heterocycles. The highest BCUT2D eigenvalue weighted by Gasteiger charge is 2.09. The van der Waals surface area contributed by atoms with E-state index in [1.807, 2.05) is 32.9 Å². The van der Waals surface area contributed by atoms with Crippen molar-refractivity contribution in [3.63, 3.8) is 0 Å². The molecule has 15 heavy (non-hydrogen) atoms. The number of nitrogens with zero attached hydrogens (tertiary/aromatic N) is 1. The number of ketones is 1. The molecule has 2 heteroatoms. The highest BCUT2D eigenvalue weighted by Crippen LogP contribution is 2.12. The Hall–Kier alpha value is -1.44. The van der Waals surface area contributed by atoms with Gasteiger partial charge >= 0.3 is 0 Å². The maximum Gasteiger partial charge on any atom is 0.165 e. The molecule has 0 aliphatic carbocycles. The second kappa shape index (κ2) is 4.87. The van der Waals surface area contributed by atoms with E-state index in [-0.39, 0.29) is 5.78 Å². The number of aromatic nitrogens is 1. The van der Waals surface area contributed by atoms with Gasteiger partial charge in [-0.05, 0) is 39.3 Å². The molecule has 2 nitrogen and oxygen atoms in total. The van der Waals surface area contributed by atoms with Gasteiger partial charge in [0.25, 0.3) is 0 Å². The Labute approximate surface area is 91.0 Å². The van der Waals surface area contributed by atoms with E-state index in [2.05, 4.69) is 11.6 Å². The number of rotatable bonds is 4. The summed E-state index contributed by atoms with van der Waals surface area (Å²) in [6.45, 7) is 9.53. The molecule has 80 valence electrons. The van der Waals surface area contributed by atoms with Gasteiger partial charge in [-0.1, -0.05) is 5.57 Å². The van der Waals surface area contributed by atoms with Gasteiger partial charge in [0.15, 0.2) is 5.78 Å². The fourth-order valence-electron chi connectivity index (χ4n) is 1.44. The molecule has 1 heterocycles. The normalized spacial score (nSPS) is 10.1. The number of hydrogen-bond acceptors (Lipinski definition) is 2. The van der Waals surface area contributed by atoms with Crippen molar-refractivity contribution < 1.29 is 4.79 Å². The number of hydrogen-bond donors (Lipinski definition) is 0. The smallest absolute Gasteiger partial charge is 0.165 e. The summed E-state index contributed by atoms with van der Waals surface area (Å²) in [5.41, 5.74) is 3.55. The summed E-state index contributed by atoms with van der Waals surface area (Å²) in [6.07, 6.45) is 1.28. The third-order valence-corrected chi connectivity index (χ3v) is 2.30. The molecule has 0 aliphatic rings. The molecule has 0 N–H and O–H groups in total. The highest BCUT2D eigenvalue weighted by atomic mass is 16.1. The lowest BCUT2D eigenvalue weighted by molar-refractivity contribution is 0.0982. The van der Waals surface area contributed by atoms with Crippen LogP contribution in [0.25, 0.3) is 0 Å². The van der Waals surface area contributed by atoms with Gasteiger partial charge in [-0.2, -0.15) is 0 Å². The lowest BCUT2D eigenvalue weighted by Crippen LogP contribution is -2.04. The van der Waals surface area contributed by atoms with Gasteiger partial charge in [-0.25, -0.2) is 0 Å². The first-order chi connectivity index (χ1) is 7.00. The van der Waals surface area contributed by atoms with E-state index in [4.69, 9.17) is 0 Å². The molecule has 0 aromatic carbocycles. The summed E-state index contributed by atoms with van der Waals surface area (Å²) in [5.74, 6) is 0.156. The molecule has 0 bridgehead atoms. The Balaban J connectivity index is 2.78. The summed E-state index contributed by atoms with van der Waals surface area (Å²) in [6, 6.07) is 3.74. The number of carbonyl (C=O) groups excluding carboxylic acids is 1. The minimum atomic E-state index is 0.156. The summed E-state index contributed by atoms with van der Waals surface area (Å²) < 4.78 is 0. The fourth-order valence-corrected chi connectivity index (χ4v) is 1.44. The van der Waals surface area contributed by atoms with Crippen molar-refractivity contribution in [2.45, 2.75) is 33.6 Å². The van der Waals surface area contributed by atoms with E-state index < -0.39 is 0 Å². The third-order valence-electron chi connectivity index (χ3n) is 2.30. The van der Waals surface area contributed by atoms with Crippen molar-refractivity contribution in [1.82, 2.24) is 4.98 Å². The summed E-state index contributed by atoms with van der Waals surface area (Å²) >= 11 is 0. The van der Waals surface area contributed by atoms with E-state index >= 15 is 0 Å². The van der Waals surface area contributed by atoms with Crippen molar-refractivity contribution in [1.29, 1.82) is 0 Å². The molecule has 0 atom stereocenters. The van der Waals surface area contributed by atoms with Crippen molar-refractivity contribution in [3.05, 3.63) is 41.2 Å². The van der Waals surface area contributed by atoms with Crippen LogP contribution in [0.2, 0.25) is 0 Å². The highest BCUT2D eigenvalue weighted by molar-refractivity contribution is 5.97. The maximum atomic E-state index is 11.8. The predicted molar refractivity (Wildman–Crippen MR) is 62.1 cm³/mol. The van der Waals surface area contributed by atoms with Gasteiger partial charge in [-0.15, -0.1) is 6.58 Å². The molecule has 0 amide bonds. The number of Topliss-reactive ketones (excluding diaryl/α,β-unsaturated/α-hetero) is 1. The lowest BCUT2D eigenvalue weighted by atomic mass is 10.0. The standard InChI is InChI=1S/C13H17NO/c1-9(2)5-8-13(15)12-7-6-10(3)14-11(12)4/h6-7H,1,5,8H2,2-4H3. The SMILES string of the molecule is C=C(C)CCC(=O)c1ccc(C)nc1C. The maximum absolute atomic E-state index is 11.8. The molecule has 0 aliphatic heterocycles. The Morgan fingerprint density at radius 3 is 2.53 bits per heavy atom. The average molecular weight is 203 g/mol. The van der Waals surface area contributed by atoms with Gasteiger partial charge < -0.3 is 0 Å². The molecular weight excluding hydrogens is 186 g/mol. The molecular formula is C13H17NO. The van der Waals surface area contributed by atoms with Crippen LogP contribution in [0.5, 0.6) is 0 Å². The number of allylic oxidation sites excluding steroid dienone is 1. The van der Waals surface area contributed by atoms with Crippen LogP contribution in [-0.4, -0.2) is 10.8 Å². The first-order valence-electron chi connectivity index (χ1n) is 5.12. The first-order valence-corrected chi connectivity index (χ1v) is 5.12. The first kappa shape index (κ1) is 11.6. The molecule has 1 aromatic rings. The van der Waals surface area contributed by atoms with E-state index in [1.54, 1.807) is 0 Å². The zero-order chi connectivity index (χ0) is 11.4. The number of carbonyl (C=O) groups is 1. The van der Waals surface area contributed by atoms with E-state index in [9.17, 15) is 4.79 Å². The largest absolute Gasteiger partial charge is 0.294 e. The quantitative estimate of drug-likeness (QED) is 0.555. The molecule has 0 unspecified atom stereocenters. The zero-order valence-corrected chi connectivity index (χ0v) is 9.63. The van der Waals surface area contributed by atoms with Crippen molar-refractivity contribution >= 4 is 5.78 Å². The summed E-state index contributed by atoms with van der Waals surface area (Å²) in [7, 11) is 0. The Morgan fingerprint density at radius 2 is 2.00 bits per heavy atom. The fraction of sp³-hybridized carbons (Fsp3) is 0.385. The van der Waals surface area contributed by atoms with E-state index in [1.165, 1.54) is 0 Å². The lowest BCUT2D eigenvalue weighted by Gasteiger charge is -2.04. The second-order valence-electron chi connectivity index (χ2n) is 3.97. The van der Waals surface area contributed by atoms with Gasteiger partial charge in [0.2, 0.25) is 0 Å². The molecule has 0 fully saturated rings. The Morgan fingerprint density at radius 1 is 1.33 bits per heavy atom. The molecule has 1 rings (SSSR count). The van der Waals surface area contributed by atoms with Gasteiger partial charge in [0.1, 0.15) is 0 Å². The van der Waals surface area contributed by atoms with Crippen molar-refractivity contribution in [2.24, 2.45) is 0 Å². The summed E-state index contributed by atoms with van der Waals surface area (Å²) in [5, 5.41) is 0. The Kier molecular flexibility index (Phi) is 3.78. The zero-order valence-electron chi connectivity index (χ0n) is 9.63. The van der Waals surface area contributed by atoms with Crippen molar-refractivity contribution in [2.75, 3.05) is 0 Å². The van der Waals surface area contributed by atoms with Gasteiger partial charge in [0, 0.05) is 23.4 Å². The molecule has 0 spiro atoms. The van der Waals surface area contributed by atoms with Crippen LogP contribution >= 0.6 is 0 Å². The van der Waals surface area contributed by atoms with Gasteiger partial charge in [0.05, 0.1) is 0 Å². The second-order valence-corrected chi connectivity index (χ2v) is 3.97. The van der Waals surface area contributed by atoms with Crippen LogP contribution in [0.1, 0.15) is 41.5 Å². The van der Waals surface area contributed by atoms with Gasteiger partial charge in [-0.3, -0.25) is 9.78 Å². The monoisotopic (exact) mass is 203 g/mol. The average Bonchev–Trinajstić information content (AvgIpc) is 2.14. The third kappa shape index (κ3) is 3.31. The minimum absolute atomic E-state index is 0.156. The summed E-state index contributed by atoms with van der Waals surface area (Å²) in [4.78, 5) is 16.1. The number of aryl methyl sites for hydroxylation is 2. The number of pyridine rings is 1. The molecule has 0 radical (unpaired) electrons. The van der Waals surface area contributed by atoms with Crippen LogP contribution in [-0.2, 0) is 0 Å². The van der Waals surface area contributed by atoms with Crippen molar-refractivity contribution in [3.8, 4) is 0 Å². The van der Waals surface area contributed by atoms with E-state index in [0.29, 0.717) is 6.42 Å². The van der Waals surface area contributed by atoms with Crippen LogP contribution in [0.15, 0.2) is 24.3 Å². The Bertz CT molecular complexity index is 394. The van der Waals surface area contributed by atoms with Crippen LogP contribution in [0.3, 0.4) is 0 Å². The minimum Gasteiger partial charge on any atom is -0.294 e.